The molecule has 0 aliphatic heterocycles. The smallest absolute Gasteiger partial charge is 0.0657 e. The lowest BCUT2D eigenvalue weighted by Crippen LogP contribution is -2.52. The van der Waals surface area contributed by atoms with Gasteiger partial charge in [0.2, 0.25) is 0 Å². The Labute approximate surface area is 223 Å². The Bertz CT molecular complexity index is 847. The first-order valence-corrected chi connectivity index (χ1v) is 15.9. The van der Waals surface area contributed by atoms with Crippen LogP contribution in [0.2, 0.25) is 0 Å². The van der Waals surface area contributed by atoms with Crippen molar-refractivity contribution in [3.8, 4) is 0 Å². The van der Waals surface area contributed by atoms with Crippen molar-refractivity contribution in [1.29, 1.82) is 0 Å². The minimum atomic E-state index is -0.499. The number of rotatable bonds is 5. The van der Waals surface area contributed by atoms with Crippen LogP contribution in [0.3, 0.4) is 0 Å². The lowest BCUT2D eigenvalue weighted by atomic mass is 9.46. The molecular formula is C34H58O2. The van der Waals surface area contributed by atoms with Gasteiger partial charge in [0.1, 0.15) is 0 Å². The van der Waals surface area contributed by atoms with E-state index >= 15 is 0 Å². The number of fused-ring (bicyclic) bond motifs is 5. The molecule has 0 radical (unpaired) electrons. The van der Waals surface area contributed by atoms with Gasteiger partial charge < -0.3 is 10.2 Å². The normalized spacial score (nSPS) is 53.7. The van der Waals surface area contributed by atoms with Gasteiger partial charge >= 0.3 is 0 Å². The molecule has 0 saturated heterocycles. The number of allylic oxidation sites excluding steroid dienone is 1. The third-order valence-electron chi connectivity index (χ3n) is 13.7. The molecule has 2 nitrogen and oxygen atoms in total. The summed E-state index contributed by atoms with van der Waals surface area (Å²) in [6.45, 7) is 17.1. The molecule has 0 spiro atoms. The molecule has 2 N–H and O–H groups in total. The van der Waals surface area contributed by atoms with Gasteiger partial charge in [-0.3, -0.25) is 0 Å². The first-order valence-electron chi connectivity index (χ1n) is 15.9. The summed E-state index contributed by atoms with van der Waals surface area (Å²) in [4.78, 5) is 0. The highest BCUT2D eigenvalue weighted by molar-refractivity contribution is 5.27. The minimum Gasteiger partial charge on any atom is -0.390 e. The number of aliphatic hydroxyl groups is 2. The van der Waals surface area contributed by atoms with E-state index in [9.17, 15) is 10.2 Å². The van der Waals surface area contributed by atoms with E-state index in [0.29, 0.717) is 22.2 Å². The summed E-state index contributed by atoms with van der Waals surface area (Å²) >= 11 is 0. The largest absolute Gasteiger partial charge is 0.390 e. The van der Waals surface area contributed by atoms with Crippen LogP contribution in [0.25, 0.3) is 0 Å². The zero-order valence-corrected chi connectivity index (χ0v) is 24.8. The molecule has 4 fully saturated rings. The van der Waals surface area contributed by atoms with Crippen molar-refractivity contribution in [2.24, 2.45) is 51.8 Å². The summed E-state index contributed by atoms with van der Waals surface area (Å²) in [5.74, 6) is 4.77. The summed E-state index contributed by atoms with van der Waals surface area (Å²) in [6, 6.07) is 0. The Morgan fingerprint density at radius 3 is 2.31 bits per heavy atom. The van der Waals surface area contributed by atoms with E-state index in [4.69, 9.17) is 0 Å². The second kappa shape index (κ2) is 9.11. The van der Waals surface area contributed by atoms with Gasteiger partial charge in [-0.05, 0) is 142 Å². The fourth-order valence-corrected chi connectivity index (χ4v) is 11.0. The average Bonchev–Trinajstić information content (AvgIpc) is 3.10. The van der Waals surface area contributed by atoms with Crippen molar-refractivity contribution in [2.75, 3.05) is 0 Å². The molecule has 0 amide bonds. The van der Waals surface area contributed by atoms with Crippen LogP contribution in [0.4, 0.5) is 0 Å². The highest BCUT2D eigenvalue weighted by Crippen LogP contribution is 2.69. The summed E-state index contributed by atoms with van der Waals surface area (Å²) in [6.07, 6.45) is 18.9. The van der Waals surface area contributed by atoms with Crippen molar-refractivity contribution in [2.45, 2.75) is 150 Å². The molecule has 5 aliphatic rings. The fraction of sp³-hybridized carbons (Fsp3) is 0.941. The summed E-state index contributed by atoms with van der Waals surface area (Å²) in [7, 11) is 0. The minimum absolute atomic E-state index is 0.316. The van der Waals surface area contributed by atoms with Crippen molar-refractivity contribution >= 4 is 0 Å². The van der Waals surface area contributed by atoms with Crippen molar-refractivity contribution in [3.05, 3.63) is 11.6 Å². The molecule has 4 saturated carbocycles. The highest BCUT2D eigenvalue weighted by atomic mass is 16.3. The number of hydrogen-bond donors (Lipinski definition) is 2. The van der Waals surface area contributed by atoms with Crippen LogP contribution in [-0.2, 0) is 0 Å². The van der Waals surface area contributed by atoms with Gasteiger partial charge in [-0.1, -0.05) is 59.6 Å². The van der Waals surface area contributed by atoms with Crippen LogP contribution in [0.15, 0.2) is 11.6 Å². The maximum Gasteiger partial charge on any atom is 0.0657 e. The molecule has 0 aromatic carbocycles. The molecule has 206 valence electrons. The maximum absolute atomic E-state index is 11.5. The molecule has 36 heavy (non-hydrogen) atoms. The molecule has 5 rings (SSSR count). The second-order valence-electron chi connectivity index (χ2n) is 16.1. The van der Waals surface area contributed by atoms with Crippen molar-refractivity contribution in [3.63, 3.8) is 0 Å². The van der Waals surface area contributed by atoms with Gasteiger partial charge in [-0.15, -0.1) is 0 Å². The van der Waals surface area contributed by atoms with E-state index in [-0.39, 0.29) is 0 Å². The van der Waals surface area contributed by atoms with Gasteiger partial charge in [0.15, 0.2) is 0 Å². The van der Waals surface area contributed by atoms with Crippen LogP contribution in [-0.4, -0.2) is 21.4 Å². The Morgan fingerprint density at radius 1 is 0.944 bits per heavy atom. The maximum atomic E-state index is 11.5. The van der Waals surface area contributed by atoms with E-state index in [1.807, 2.05) is 6.92 Å². The molecular weight excluding hydrogens is 440 g/mol. The Balaban J connectivity index is 1.28. The van der Waals surface area contributed by atoms with E-state index in [1.54, 1.807) is 5.57 Å². The molecule has 9 atom stereocenters. The molecule has 0 aromatic heterocycles. The van der Waals surface area contributed by atoms with Crippen LogP contribution in [0.5, 0.6) is 0 Å². The van der Waals surface area contributed by atoms with Crippen LogP contribution in [0.1, 0.15) is 138 Å². The Hall–Kier alpha value is -0.340. The molecule has 0 aromatic rings. The quantitative estimate of drug-likeness (QED) is 0.372. The van der Waals surface area contributed by atoms with Gasteiger partial charge in [-0.2, -0.15) is 0 Å². The topological polar surface area (TPSA) is 40.5 Å². The van der Waals surface area contributed by atoms with Gasteiger partial charge in [-0.25, -0.2) is 0 Å². The lowest BCUT2D eigenvalue weighted by molar-refractivity contribution is -0.0749. The summed E-state index contributed by atoms with van der Waals surface area (Å²) < 4.78 is 0. The Kier molecular flexibility index (Phi) is 6.89. The summed E-state index contributed by atoms with van der Waals surface area (Å²) in [5, 5.41) is 22.2. The van der Waals surface area contributed by atoms with Crippen molar-refractivity contribution in [1.82, 2.24) is 0 Å². The van der Waals surface area contributed by atoms with Crippen LogP contribution >= 0.6 is 0 Å². The third-order valence-corrected chi connectivity index (χ3v) is 13.7. The average molecular weight is 499 g/mol. The molecule has 0 bridgehead atoms. The first kappa shape index (κ1) is 27.2. The molecule has 5 aliphatic carbocycles. The van der Waals surface area contributed by atoms with Crippen LogP contribution in [0, 0.1) is 51.8 Å². The van der Waals surface area contributed by atoms with Crippen molar-refractivity contribution < 1.29 is 10.2 Å². The SMILES string of the molecule is CCC1(C)CCC(O)(CC[C@@H](C)[C@H]2C(C)C[C@H]3[C@@H]4CC=C5C[C@@](C)(O)CC[C@]5(C)[C@H]4CC[C@]23C)CC1. The van der Waals surface area contributed by atoms with Crippen LogP contribution < -0.4 is 0 Å². The molecule has 0 heterocycles. The number of hydrogen-bond acceptors (Lipinski definition) is 2. The second-order valence-corrected chi connectivity index (χ2v) is 16.1. The summed E-state index contributed by atoms with van der Waals surface area (Å²) in [5.41, 5.74) is 1.90. The predicted molar refractivity (Wildman–Crippen MR) is 151 cm³/mol. The van der Waals surface area contributed by atoms with Gasteiger partial charge in [0, 0.05) is 0 Å². The van der Waals surface area contributed by atoms with E-state index in [0.717, 1.165) is 61.7 Å². The Morgan fingerprint density at radius 2 is 1.64 bits per heavy atom. The van der Waals surface area contributed by atoms with Gasteiger partial charge in [0.05, 0.1) is 11.2 Å². The standard InChI is InChI=1S/C34H58O2/c1-8-30(4)15-19-34(36,20-16-30)14-11-23(2)29-24(3)21-28-26-10-9-25-22-31(5,35)17-18-32(25,6)27(26)12-13-33(28,29)7/h9,23-24,26-29,35-36H,8,10-22H2,1-7H3/t23-,24?,26-,27+,28+,29+,30?,31+,32+,33+,34?/m1/s1. The molecule has 1 unspecified atom stereocenters. The monoisotopic (exact) mass is 498 g/mol. The third kappa shape index (κ3) is 4.47. The molecule has 2 heteroatoms. The first-order chi connectivity index (χ1) is 16.7. The fourth-order valence-electron chi connectivity index (χ4n) is 11.0. The van der Waals surface area contributed by atoms with Gasteiger partial charge in [0.25, 0.3) is 0 Å². The zero-order chi connectivity index (χ0) is 26.1. The van der Waals surface area contributed by atoms with E-state index in [2.05, 4.69) is 47.6 Å². The van der Waals surface area contributed by atoms with E-state index in [1.165, 1.54) is 57.8 Å². The van der Waals surface area contributed by atoms with E-state index < -0.39 is 11.2 Å². The lowest BCUT2D eigenvalue weighted by Gasteiger charge is -2.59. The zero-order valence-electron chi connectivity index (χ0n) is 24.8. The predicted octanol–water partition coefficient (Wildman–Crippen LogP) is 8.70. The highest BCUT2D eigenvalue weighted by Gasteiger charge is 2.61.